The van der Waals surface area contributed by atoms with Gasteiger partial charge in [-0.3, -0.25) is 4.98 Å². The van der Waals surface area contributed by atoms with Crippen LogP contribution in [0.15, 0.2) is 24.5 Å². The van der Waals surface area contributed by atoms with Crippen LogP contribution in [0.1, 0.15) is 32.4 Å². The highest BCUT2D eigenvalue weighted by molar-refractivity contribution is 5.14. The van der Waals surface area contributed by atoms with Crippen molar-refractivity contribution < 1.29 is 4.74 Å². The molecule has 84 valence electrons. The van der Waals surface area contributed by atoms with Crippen molar-refractivity contribution in [2.75, 3.05) is 7.11 Å². The van der Waals surface area contributed by atoms with Crippen molar-refractivity contribution in [1.29, 1.82) is 0 Å². The molecule has 0 amide bonds. The van der Waals surface area contributed by atoms with E-state index in [2.05, 4.69) is 31.1 Å². The number of nitrogens with one attached hydrogen (secondary N) is 1. The minimum absolute atomic E-state index is 0.217. The first-order chi connectivity index (χ1) is 7.15. The van der Waals surface area contributed by atoms with Crippen LogP contribution < -0.4 is 5.32 Å². The quantitative estimate of drug-likeness (QED) is 0.805. The van der Waals surface area contributed by atoms with E-state index in [4.69, 9.17) is 4.74 Å². The number of aromatic nitrogens is 1. The lowest BCUT2D eigenvalue weighted by molar-refractivity contribution is 0.0852. The fraction of sp³-hybridized carbons (Fsp3) is 0.583. The van der Waals surface area contributed by atoms with Gasteiger partial charge in [-0.25, -0.2) is 0 Å². The van der Waals surface area contributed by atoms with Crippen LogP contribution in [0.4, 0.5) is 0 Å². The molecule has 0 aromatic carbocycles. The van der Waals surface area contributed by atoms with E-state index < -0.39 is 0 Å². The first-order valence-corrected chi connectivity index (χ1v) is 5.34. The summed E-state index contributed by atoms with van der Waals surface area (Å²) in [5, 5.41) is 3.49. The van der Waals surface area contributed by atoms with Crippen molar-refractivity contribution in [3.05, 3.63) is 30.1 Å². The fourth-order valence-corrected chi connectivity index (χ4v) is 1.48. The van der Waals surface area contributed by atoms with E-state index in [1.807, 2.05) is 24.5 Å². The van der Waals surface area contributed by atoms with Crippen LogP contribution in [0.3, 0.4) is 0 Å². The molecule has 1 heterocycles. The van der Waals surface area contributed by atoms with Crippen LogP contribution >= 0.6 is 0 Å². The van der Waals surface area contributed by atoms with Crippen molar-refractivity contribution in [3.63, 3.8) is 0 Å². The van der Waals surface area contributed by atoms with E-state index in [0.717, 1.165) is 0 Å². The summed E-state index contributed by atoms with van der Waals surface area (Å²) < 4.78 is 5.27. The Bertz CT molecular complexity index is 276. The second-order valence-corrected chi connectivity index (χ2v) is 3.90. The number of methoxy groups -OCH3 is 1. The predicted molar refractivity (Wildman–Crippen MR) is 61.7 cm³/mol. The van der Waals surface area contributed by atoms with E-state index >= 15 is 0 Å². The summed E-state index contributed by atoms with van der Waals surface area (Å²) in [5.41, 5.74) is 1.25. The smallest absolute Gasteiger partial charge is 0.0693 e. The monoisotopic (exact) mass is 208 g/mol. The highest BCUT2D eigenvalue weighted by Gasteiger charge is 2.14. The third-order valence-corrected chi connectivity index (χ3v) is 2.79. The minimum atomic E-state index is 0.217. The molecule has 2 unspecified atom stereocenters. The van der Waals surface area contributed by atoms with Gasteiger partial charge < -0.3 is 10.1 Å². The van der Waals surface area contributed by atoms with Crippen LogP contribution in [0.2, 0.25) is 0 Å². The Hall–Kier alpha value is -0.930. The lowest BCUT2D eigenvalue weighted by atomic mass is 10.1. The normalized spacial score (nSPS) is 17.1. The zero-order valence-electron chi connectivity index (χ0n) is 9.90. The van der Waals surface area contributed by atoms with E-state index in [1.54, 1.807) is 7.11 Å². The van der Waals surface area contributed by atoms with Crippen molar-refractivity contribution in [2.24, 2.45) is 0 Å². The molecule has 3 atom stereocenters. The van der Waals surface area contributed by atoms with E-state index in [9.17, 15) is 0 Å². The molecule has 0 spiro atoms. The van der Waals surface area contributed by atoms with Gasteiger partial charge in [0.2, 0.25) is 0 Å². The molecule has 0 saturated heterocycles. The molecule has 0 aliphatic carbocycles. The largest absolute Gasteiger partial charge is 0.380 e. The van der Waals surface area contributed by atoms with E-state index in [0.29, 0.717) is 12.1 Å². The van der Waals surface area contributed by atoms with Crippen LogP contribution in [0.5, 0.6) is 0 Å². The summed E-state index contributed by atoms with van der Waals surface area (Å²) in [7, 11) is 1.74. The number of nitrogens with zero attached hydrogens (tertiary/aromatic N) is 1. The van der Waals surface area contributed by atoms with E-state index in [1.165, 1.54) is 5.56 Å². The van der Waals surface area contributed by atoms with Crippen LogP contribution in [0.25, 0.3) is 0 Å². The summed E-state index contributed by atoms with van der Waals surface area (Å²) in [4.78, 5) is 4.01. The molecule has 1 aromatic rings. The first kappa shape index (κ1) is 12.1. The second-order valence-electron chi connectivity index (χ2n) is 3.90. The van der Waals surface area contributed by atoms with Crippen molar-refractivity contribution in [2.45, 2.75) is 39.0 Å². The van der Waals surface area contributed by atoms with Crippen LogP contribution in [-0.2, 0) is 4.74 Å². The molecule has 0 saturated carbocycles. The third kappa shape index (κ3) is 3.61. The molecule has 1 rings (SSSR count). The van der Waals surface area contributed by atoms with E-state index in [-0.39, 0.29) is 6.10 Å². The molecule has 0 fully saturated rings. The number of hydrogen-bond donors (Lipinski definition) is 1. The number of rotatable bonds is 5. The fourth-order valence-electron chi connectivity index (χ4n) is 1.48. The van der Waals surface area contributed by atoms with Crippen molar-refractivity contribution in [3.8, 4) is 0 Å². The maximum absolute atomic E-state index is 5.27. The van der Waals surface area contributed by atoms with Gasteiger partial charge in [0.25, 0.3) is 0 Å². The zero-order valence-corrected chi connectivity index (χ0v) is 9.90. The standard InChI is InChI=1S/C12H20N2O/c1-9(11(3)15-4)14-10(2)12-5-7-13-8-6-12/h5-11,14H,1-4H3/t9?,10-,11?/m0/s1. The highest BCUT2D eigenvalue weighted by Crippen LogP contribution is 2.12. The minimum Gasteiger partial charge on any atom is -0.380 e. The zero-order chi connectivity index (χ0) is 11.3. The van der Waals surface area contributed by atoms with Crippen molar-refractivity contribution in [1.82, 2.24) is 10.3 Å². The molecular formula is C12H20N2O. The van der Waals surface area contributed by atoms with Gasteiger partial charge in [-0.05, 0) is 38.5 Å². The van der Waals surface area contributed by atoms with Gasteiger partial charge >= 0.3 is 0 Å². The van der Waals surface area contributed by atoms with Gasteiger partial charge in [-0.2, -0.15) is 0 Å². The SMILES string of the molecule is COC(C)C(C)N[C@@H](C)c1ccncc1. The van der Waals surface area contributed by atoms with Gasteiger partial charge in [0.05, 0.1) is 6.10 Å². The molecule has 3 nitrogen and oxygen atoms in total. The number of ether oxygens (including phenoxy) is 1. The number of pyridine rings is 1. The molecule has 1 N–H and O–H groups in total. The molecule has 0 aliphatic heterocycles. The Morgan fingerprint density at radius 2 is 1.80 bits per heavy atom. The van der Waals surface area contributed by atoms with Gasteiger partial charge in [-0.15, -0.1) is 0 Å². The van der Waals surface area contributed by atoms with Gasteiger partial charge in [0, 0.05) is 31.6 Å². The Morgan fingerprint density at radius 3 is 2.33 bits per heavy atom. The average molecular weight is 208 g/mol. The maximum Gasteiger partial charge on any atom is 0.0693 e. The molecule has 15 heavy (non-hydrogen) atoms. The summed E-state index contributed by atoms with van der Waals surface area (Å²) in [6, 6.07) is 4.71. The Kier molecular flexibility index (Phi) is 4.72. The maximum atomic E-state index is 5.27. The van der Waals surface area contributed by atoms with Gasteiger partial charge in [0.1, 0.15) is 0 Å². The van der Waals surface area contributed by atoms with Crippen LogP contribution in [-0.4, -0.2) is 24.2 Å². The Labute approximate surface area is 91.9 Å². The molecule has 0 aliphatic rings. The summed E-state index contributed by atoms with van der Waals surface area (Å²) in [6.07, 6.45) is 3.85. The Balaban J connectivity index is 2.52. The number of hydrogen-bond acceptors (Lipinski definition) is 3. The molecule has 3 heteroatoms. The summed E-state index contributed by atoms with van der Waals surface area (Å²) in [6.45, 7) is 6.34. The molecular weight excluding hydrogens is 188 g/mol. The van der Waals surface area contributed by atoms with Gasteiger partial charge in [0.15, 0.2) is 0 Å². The lowest BCUT2D eigenvalue weighted by Gasteiger charge is -2.24. The summed E-state index contributed by atoms with van der Waals surface area (Å²) in [5.74, 6) is 0. The highest BCUT2D eigenvalue weighted by atomic mass is 16.5. The second kappa shape index (κ2) is 5.83. The molecule has 0 radical (unpaired) electrons. The topological polar surface area (TPSA) is 34.1 Å². The first-order valence-electron chi connectivity index (χ1n) is 5.34. The Morgan fingerprint density at radius 1 is 1.20 bits per heavy atom. The van der Waals surface area contributed by atoms with Gasteiger partial charge in [-0.1, -0.05) is 0 Å². The van der Waals surface area contributed by atoms with Crippen LogP contribution in [0, 0.1) is 0 Å². The molecule has 0 bridgehead atoms. The predicted octanol–water partition coefficient (Wildman–Crippen LogP) is 2.16. The average Bonchev–Trinajstić information content (AvgIpc) is 2.29. The third-order valence-electron chi connectivity index (χ3n) is 2.79. The van der Waals surface area contributed by atoms with Crippen molar-refractivity contribution >= 4 is 0 Å². The molecule has 1 aromatic heterocycles. The summed E-state index contributed by atoms with van der Waals surface area (Å²) >= 11 is 0. The lowest BCUT2D eigenvalue weighted by Crippen LogP contribution is -2.38.